The largest absolute Gasteiger partial charge is 0.494 e. The fraction of sp³-hybridized carbons (Fsp3) is 0.435. The molecule has 0 bridgehead atoms. The highest BCUT2D eigenvalue weighted by atomic mass is 16.5. The third kappa shape index (κ3) is 4.80. The molecule has 3 heterocycles. The van der Waals surface area contributed by atoms with Crippen LogP contribution >= 0.6 is 0 Å². The van der Waals surface area contributed by atoms with E-state index in [0.717, 1.165) is 55.8 Å². The molecule has 164 valence electrons. The topological polar surface area (TPSA) is 85.1 Å². The monoisotopic (exact) mass is 422 g/mol. The molecule has 0 atom stereocenters. The summed E-state index contributed by atoms with van der Waals surface area (Å²) < 4.78 is 13.2. The second-order valence-corrected chi connectivity index (χ2v) is 7.67. The van der Waals surface area contributed by atoms with Crippen molar-refractivity contribution in [2.75, 3.05) is 33.4 Å². The van der Waals surface area contributed by atoms with Gasteiger partial charge in [0.15, 0.2) is 17.4 Å². The van der Waals surface area contributed by atoms with E-state index in [1.54, 1.807) is 7.05 Å². The zero-order valence-electron chi connectivity index (χ0n) is 18.2. The Morgan fingerprint density at radius 1 is 1.13 bits per heavy atom. The van der Waals surface area contributed by atoms with Gasteiger partial charge in [-0.3, -0.25) is 9.39 Å². The van der Waals surface area contributed by atoms with Crippen molar-refractivity contribution in [1.82, 2.24) is 25.2 Å². The van der Waals surface area contributed by atoms with Crippen LogP contribution in [0.1, 0.15) is 31.2 Å². The van der Waals surface area contributed by atoms with E-state index in [0.29, 0.717) is 13.2 Å². The Morgan fingerprint density at radius 2 is 1.94 bits per heavy atom. The van der Waals surface area contributed by atoms with Crippen molar-refractivity contribution in [2.45, 2.75) is 31.7 Å². The van der Waals surface area contributed by atoms with Gasteiger partial charge >= 0.3 is 0 Å². The lowest BCUT2D eigenvalue weighted by molar-refractivity contribution is 0.0513. The molecule has 2 N–H and O–H groups in total. The Labute approximate surface area is 182 Å². The first-order valence-electron chi connectivity index (χ1n) is 10.8. The number of aliphatic imine (C=N–C) groups is 1. The number of benzene rings is 1. The van der Waals surface area contributed by atoms with Crippen molar-refractivity contribution in [1.29, 1.82) is 0 Å². The van der Waals surface area contributed by atoms with E-state index < -0.39 is 0 Å². The third-order valence-corrected chi connectivity index (χ3v) is 5.84. The second-order valence-electron chi connectivity index (χ2n) is 7.67. The second kappa shape index (κ2) is 9.78. The van der Waals surface area contributed by atoms with Gasteiger partial charge in [0, 0.05) is 38.4 Å². The van der Waals surface area contributed by atoms with Crippen molar-refractivity contribution in [2.24, 2.45) is 4.99 Å². The lowest BCUT2D eigenvalue weighted by Crippen LogP contribution is -2.48. The molecule has 0 aliphatic carbocycles. The van der Waals surface area contributed by atoms with Crippen LogP contribution in [0.15, 0.2) is 53.7 Å². The molecule has 2 aromatic heterocycles. The van der Waals surface area contributed by atoms with Crippen molar-refractivity contribution in [3.05, 3.63) is 60.0 Å². The molecule has 0 saturated carbocycles. The predicted molar refractivity (Wildman–Crippen MR) is 121 cm³/mol. The first-order chi connectivity index (χ1) is 15.2. The molecule has 8 heteroatoms. The van der Waals surface area contributed by atoms with E-state index in [9.17, 15) is 0 Å². The summed E-state index contributed by atoms with van der Waals surface area (Å²) in [6.07, 6.45) is 3.88. The van der Waals surface area contributed by atoms with E-state index in [2.05, 4.69) is 50.1 Å². The fourth-order valence-corrected chi connectivity index (χ4v) is 4.05. The third-order valence-electron chi connectivity index (χ3n) is 5.84. The van der Waals surface area contributed by atoms with E-state index >= 15 is 0 Å². The maximum atomic E-state index is 5.66. The zero-order valence-corrected chi connectivity index (χ0v) is 18.2. The fourth-order valence-electron chi connectivity index (χ4n) is 4.05. The Balaban J connectivity index is 1.43. The number of guanidine groups is 1. The van der Waals surface area contributed by atoms with Crippen LogP contribution in [0.4, 0.5) is 0 Å². The summed E-state index contributed by atoms with van der Waals surface area (Å²) in [5.74, 6) is 2.48. The van der Waals surface area contributed by atoms with Crippen molar-refractivity contribution in [3.63, 3.8) is 0 Å². The normalized spacial score (nSPS) is 16.3. The average molecular weight is 423 g/mol. The molecule has 1 aliphatic rings. The van der Waals surface area contributed by atoms with Gasteiger partial charge in [0.05, 0.1) is 13.2 Å². The minimum atomic E-state index is -0.0117. The summed E-state index contributed by atoms with van der Waals surface area (Å²) in [5.41, 5.74) is 2.12. The molecular weight excluding hydrogens is 392 g/mol. The number of fused-ring (bicyclic) bond motifs is 1. The van der Waals surface area contributed by atoms with Gasteiger partial charge in [0.2, 0.25) is 0 Å². The lowest BCUT2D eigenvalue weighted by Gasteiger charge is -2.38. The van der Waals surface area contributed by atoms with Gasteiger partial charge in [-0.1, -0.05) is 18.2 Å². The zero-order chi connectivity index (χ0) is 21.5. The molecule has 0 spiro atoms. The molecule has 0 amide bonds. The van der Waals surface area contributed by atoms with Crippen molar-refractivity contribution in [3.8, 4) is 5.75 Å². The van der Waals surface area contributed by atoms with Crippen LogP contribution in [0.25, 0.3) is 5.65 Å². The molecular formula is C23H30N6O2. The summed E-state index contributed by atoms with van der Waals surface area (Å²) in [5, 5.41) is 15.4. The Kier molecular flexibility index (Phi) is 6.66. The highest BCUT2D eigenvalue weighted by Gasteiger charge is 2.34. The van der Waals surface area contributed by atoms with Gasteiger partial charge in [0.25, 0.3) is 0 Å². The SMILES string of the molecule is CCOc1ccc(C2(CNC(=NC)NCc3nnc4ccccn34)CCOCC2)cc1. The summed E-state index contributed by atoms with van der Waals surface area (Å²) in [6.45, 7) is 5.48. The minimum Gasteiger partial charge on any atom is -0.494 e. The molecule has 31 heavy (non-hydrogen) atoms. The van der Waals surface area contributed by atoms with E-state index in [-0.39, 0.29) is 5.41 Å². The molecule has 1 saturated heterocycles. The number of ether oxygens (including phenoxy) is 2. The van der Waals surface area contributed by atoms with Gasteiger partial charge in [0.1, 0.15) is 5.75 Å². The van der Waals surface area contributed by atoms with Crippen LogP contribution in [-0.2, 0) is 16.7 Å². The van der Waals surface area contributed by atoms with Gasteiger partial charge in [-0.25, -0.2) is 0 Å². The van der Waals surface area contributed by atoms with Gasteiger partial charge in [-0.05, 0) is 49.6 Å². The molecule has 1 aromatic carbocycles. The smallest absolute Gasteiger partial charge is 0.191 e. The summed E-state index contributed by atoms with van der Waals surface area (Å²) >= 11 is 0. The van der Waals surface area contributed by atoms with Crippen LogP contribution in [-0.4, -0.2) is 54.0 Å². The first-order valence-corrected chi connectivity index (χ1v) is 10.8. The Bertz CT molecular complexity index is 1010. The van der Waals surface area contributed by atoms with Crippen LogP contribution < -0.4 is 15.4 Å². The number of nitrogens with zero attached hydrogens (tertiary/aromatic N) is 4. The molecule has 1 aliphatic heterocycles. The number of hydrogen-bond donors (Lipinski definition) is 2. The number of hydrogen-bond acceptors (Lipinski definition) is 5. The summed E-state index contributed by atoms with van der Waals surface area (Å²) in [6, 6.07) is 14.3. The van der Waals surface area contributed by atoms with Gasteiger partial charge in [-0.2, -0.15) is 0 Å². The standard InChI is InChI=1S/C23H30N6O2/c1-3-31-19-9-7-18(8-10-19)23(11-14-30-15-12-23)17-26-22(24-2)25-16-21-28-27-20-6-4-5-13-29(20)21/h4-10,13H,3,11-12,14-17H2,1-2H3,(H2,24,25,26). The maximum absolute atomic E-state index is 5.66. The molecule has 3 aromatic rings. The van der Waals surface area contributed by atoms with Crippen LogP contribution in [0.2, 0.25) is 0 Å². The van der Waals surface area contributed by atoms with Crippen LogP contribution in [0, 0.1) is 0 Å². The van der Waals surface area contributed by atoms with E-state index in [1.807, 2.05) is 35.7 Å². The average Bonchev–Trinajstić information content (AvgIpc) is 3.24. The highest BCUT2D eigenvalue weighted by molar-refractivity contribution is 5.79. The molecule has 1 fully saturated rings. The van der Waals surface area contributed by atoms with Crippen LogP contribution in [0.3, 0.4) is 0 Å². The molecule has 4 rings (SSSR count). The van der Waals surface area contributed by atoms with Crippen LogP contribution in [0.5, 0.6) is 5.75 Å². The lowest BCUT2D eigenvalue weighted by atomic mass is 9.74. The number of rotatable bonds is 7. The Morgan fingerprint density at radius 3 is 2.68 bits per heavy atom. The predicted octanol–water partition coefficient (Wildman–Crippen LogP) is 2.54. The maximum Gasteiger partial charge on any atom is 0.191 e. The highest BCUT2D eigenvalue weighted by Crippen LogP contribution is 2.35. The minimum absolute atomic E-state index is 0.0117. The Hall–Kier alpha value is -3.13. The molecule has 8 nitrogen and oxygen atoms in total. The number of pyridine rings is 1. The van der Waals surface area contributed by atoms with Gasteiger partial charge in [-0.15, -0.1) is 10.2 Å². The number of nitrogens with one attached hydrogen (secondary N) is 2. The molecule has 0 unspecified atom stereocenters. The number of aromatic nitrogens is 3. The van der Waals surface area contributed by atoms with Crippen molar-refractivity contribution < 1.29 is 9.47 Å². The summed E-state index contributed by atoms with van der Waals surface area (Å²) in [4.78, 5) is 4.40. The van der Waals surface area contributed by atoms with Crippen molar-refractivity contribution >= 4 is 11.6 Å². The quantitative estimate of drug-likeness (QED) is 0.450. The van der Waals surface area contributed by atoms with E-state index in [4.69, 9.17) is 9.47 Å². The van der Waals surface area contributed by atoms with E-state index in [1.165, 1.54) is 5.56 Å². The molecule has 0 radical (unpaired) electrons. The first kappa shape index (κ1) is 21.1. The summed E-state index contributed by atoms with van der Waals surface area (Å²) in [7, 11) is 1.78. The van der Waals surface area contributed by atoms with Gasteiger partial charge < -0.3 is 20.1 Å².